The predicted octanol–water partition coefficient (Wildman–Crippen LogP) is 1.51. The van der Waals surface area contributed by atoms with E-state index in [0.29, 0.717) is 0 Å². The number of pyridine rings is 1. The van der Waals surface area contributed by atoms with Gasteiger partial charge in [-0.1, -0.05) is 6.07 Å². The summed E-state index contributed by atoms with van der Waals surface area (Å²) in [6.07, 6.45) is 6.62. The van der Waals surface area contributed by atoms with Gasteiger partial charge in [-0.25, -0.2) is 0 Å². The molecule has 120 valence electrons. The Labute approximate surface area is 132 Å². The first-order valence-corrected chi connectivity index (χ1v) is 8.05. The second kappa shape index (κ2) is 6.34. The monoisotopic (exact) mass is 303 g/mol. The Kier molecular flexibility index (Phi) is 4.45. The van der Waals surface area contributed by atoms with E-state index in [2.05, 4.69) is 9.88 Å². The normalized spacial score (nSPS) is 25.1. The molecule has 0 N–H and O–H groups in total. The zero-order chi connectivity index (χ0) is 15.6. The molecule has 0 aromatic carbocycles. The molecule has 3 rings (SSSR count). The molecule has 2 fully saturated rings. The SMILES string of the molecule is COCCN1CCC2(CC1)C[C@H](c1cccnc1)C(=O)N2C. The number of methoxy groups -OCH3 is 1. The van der Waals surface area contributed by atoms with Gasteiger partial charge in [0.25, 0.3) is 0 Å². The lowest BCUT2D eigenvalue weighted by Crippen LogP contribution is -2.52. The minimum Gasteiger partial charge on any atom is -0.383 e. The van der Waals surface area contributed by atoms with Crippen LogP contribution in [0, 0.1) is 0 Å². The molecular weight excluding hydrogens is 278 g/mol. The molecule has 2 aliphatic heterocycles. The maximum atomic E-state index is 12.7. The van der Waals surface area contributed by atoms with Crippen LogP contribution < -0.4 is 0 Å². The summed E-state index contributed by atoms with van der Waals surface area (Å²) < 4.78 is 5.16. The molecule has 1 spiro atoms. The number of likely N-dealkylation sites (N-methyl/N-ethyl adjacent to an activating group) is 1. The van der Waals surface area contributed by atoms with Crippen molar-refractivity contribution >= 4 is 5.91 Å². The van der Waals surface area contributed by atoms with E-state index in [1.807, 2.05) is 30.3 Å². The predicted molar refractivity (Wildman–Crippen MR) is 84.6 cm³/mol. The number of likely N-dealkylation sites (tertiary alicyclic amines) is 2. The van der Waals surface area contributed by atoms with E-state index in [4.69, 9.17) is 4.74 Å². The molecule has 1 amide bonds. The number of ether oxygens (including phenoxy) is 1. The van der Waals surface area contributed by atoms with Crippen molar-refractivity contribution in [1.29, 1.82) is 0 Å². The Balaban J connectivity index is 1.70. The highest BCUT2D eigenvalue weighted by atomic mass is 16.5. The van der Waals surface area contributed by atoms with Crippen molar-refractivity contribution in [3.8, 4) is 0 Å². The molecule has 2 saturated heterocycles. The van der Waals surface area contributed by atoms with Crippen molar-refractivity contribution in [3.63, 3.8) is 0 Å². The van der Waals surface area contributed by atoms with Gasteiger partial charge < -0.3 is 14.5 Å². The zero-order valence-electron chi connectivity index (χ0n) is 13.5. The van der Waals surface area contributed by atoms with E-state index in [1.165, 1.54) is 0 Å². The summed E-state index contributed by atoms with van der Waals surface area (Å²) in [6, 6.07) is 3.94. The lowest BCUT2D eigenvalue weighted by molar-refractivity contribution is -0.131. The summed E-state index contributed by atoms with van der Waals surface area (Å²) in [6.45, 7) is 3.85. The Morgan fingerprint density at radius 1 is 1.41 bits per heavy atom. The largest absolute Gasteiger partial charge is 0.383 e. The van der Waals surface area contributed by atoms with E-state index in [-0.39, 0.29) is 17.4 Å². The van der Waals surface area contributed by atoms with Crippen LogP contribution in [0.15, 0.2) is 24.5 Å². The molecule has 5 heteroatoms. The molecule has 1 aromatic rings. The number of amides is 1. The highest BCUT2D eigenvalue weighted by Crippen LogP contribution is 2.44. The third-order valence-electron chi connectivity index (χ3n) is 5.41. The molecule has 1 atom stereocenters. The van der Waals surface area contributed by atoms with Gasteiger partial charge in [-0.15, -0.1) is 0 Å². The molecule has 3 heterocycles. The number of hydrogen-bond acceptors (Lipinski definition) is 4. The van der Waals surface area contributed by atoms with Crippen LogP contribution in [0.5, 0.6) is 0 Å². The number of aromatic nitrogens is 1. The smallest absolute Gasteiger partial charge is 0.230 e. The first kappa shape index (κ1) is 15.4. The topological polar surface area (TPSA) is 45.7 Å². The van der Waals surface area contributed by atoms with Crippen LogP contribution in [0.4, 0.5) is 0 Å². The molecule has 0 saturated carbocycles. The number of nitrogens with zero attached hydrogens (tertiary/aromatic N) is 3. The minimum atomic E-state index is -0.0239. The van der Waals surface area contributed by atoms with Crippen molar-refractivity contribution in [1.82, 2.24) is 14.8 Å². The molecule has 2 aliphatic rings. The molecule has 22 heavy (non-hydrogen) atoms. The highest BCUT2D eigenvalue weighted by molar-refractivity contribution is 5.86. The van der Waals surface area contributed by atoms with Crippen molar-refractivity contribution in [3.05, 3.63) is 30.1 Å². The number of rotatable bonds is 4. The standard InChI is InChI=1S/C17H25N3O2/c1-19-16(21)15(14-4-3-7-18-13-14)12-17(19)5-8-20(9-6-17)10-11-22-2/h3-4,7,13,15H,5-6,8-12H2,1-2H3/t15-/m1/s1. The molecule has 0 unspecified atom stereocenters. The van der Waals surface area contributed by atoms with Crippen LogP contribution in [-0.2, 0) is 9.53 Å². The summed E-state index contributed by atoms with van der Waals surface area (Å²) in [5, 5.41) is 0. The van der Waals surface area contributed by atoms with Gasteiger partial charge in [-0.3, -0.25) is 9.78 Å². The zero-order valence-corrected chi connectivity index (χ0v) is 13.5. The van der Waals surface area contributed by atoms with Crippen LogP contribution in [0.3, 0.4) is 0 Å². The molecule has 0 bridgehead atoms. The quantitative estimate of drug-likeness (QED) is 0.846. The average molecular weight is 303 g/mol. The molecule has 0 aliphatic carbocycles. The van der Waals surface area contributed by atoms with Gasteiger partial charge in [0.05, 0.1) is 12.5 Å². The molecule has 0 radical (unpaired) electrons. The van der Waals surface area contributed by atoms with Crippen LogP contribution in [0.25, 0.3) is 0 Å². The van der Waals surface area contributed by atoms with Gasteiger partial charge in [0.15, 0.2) is 0 Å². The van der Waals surface area contributed by atoms with E-state index < -0.39 is 0 Å². The lowest BCUT2D eigenvalue weighted by atomic mass is 9.81. The third kappa shape index (κ3) is 2.75. The second-order valence-electron chi connectivity index (χ2n) is 6.50. The molecule has 1 aromatic heterocycles. The maximum Gasteiger partial charge on any atom is 0.230 e. The lowest BCUT2D eigenvalue weighted by Gasteiger charge is -2.43. The van der Waals surface area contributed by atoms with Crippen LogP contribution >= 0.6 is 0 Å². The van der Waals surface area contributed by atoms with E-state index in [0.717, 1.165) is 51.1 Å². The van der Waals surface area contributed by atoms with Gasteiger partial charge >= 0.3 is 0 Å². The Morgan fingerprint density at radius 2 is 2.18 bits per heavy atom. The molecular formula is C17H25N3O2. The summed E-state index contributed by atoms with van der Waals surface area (Å²) in [4.78, 5) is 21.3. The summed E-state index contributed by atoms with van der Waals surface area (Å²) in [7, 11) is 3.72. The Bertz CT molecular complexity index is 512. The number of carbonyl (C=O) groups is 1. The van der Waals surface area contributed by atoms with E-state index in [9.17, 15) is 4.79 Å². The highest BCUT2D eigenvalue weighted by Gasteiger charge is 2.50. The van der Waals surface area contributed by atoms with Crippen molar-refractivity contribution in [2.24, 2.45) is 0 Å². The van der Waals surface area contributed by atoms with Crippen LogP contribution in [-0.4, -0.2) is 66.6 Å². The number of piperidine rings is 1. The fraction of sp³-hybridized carbons (Fsp3) is 0.647. The van der Waals surface area contributed by atoms with Gasteiger partial charge in [0.2, 0.25) is 5.91 Å². The average Bonchev–Trinajstić information content (AvgIpc) is 2.81. The Hall–Kier alpha value is -1.46. The van der Waals surface area contributed by atoms with Gasteiger partial charge in [-0.05, 0) is 30.9 Å². The summed E-state index contributed by atoms with van der Waals surface area (Å²) in [5.41, 5.74) is 1.08. The van der Waals surface area contributed by atoms with Gasteiger partial charge in [0, 0.05) is 51.7 Å². The van der Waals surface area contributed by atoms with Gasteiger partial charge in [-0.2, -0.15) is 0 Å². The molecule has 5 nitrogen and oxygen atoms in total. The number of carbonyl (C=O) groups excluding carboxylic acids is 1. The first-order chi connectivity index (χ1) is 10.7. The van der Waals surface area contributed by atoms with Crippen LogP contribution in [0.1, 0.15) is 30.7 Å². The minimum absolute atomic E-state index is 0.0239. The number of hydrogen-bond donors (Lipinski definition) is 0. The fourth-order valence-electron chi connectivity index (χ4n) is 3.87. The van der Waals surface area contributed by atoms with E-state index >= 15 is 0 Å². The van der Waals surface area contributed by atoms with Crippen molar-refractivity contribution < 1.29 is 9.53 Å². The first-order valence-electron chi connectivity index (χ1n) is 8.05. The van der Waals surface area contributed by atoms with Gasteiger partial charge in [0.1, 0.15) is 0 Å². The van der Waals surface area contributed by atoms with Crippen molar-refractivity contribution in [2.75, 3.05) is 40.4 Å². The van der Waals surface area contributed by atoms with E-state index in [1.54, 1.807) is 13.3 Å². The third-order valence-corrected chi connectivity index (χ3v) is 5.41. The second-order valence-corrected chi connectivity index (χ2v) is 6.50. The summed E-state index contributed by atoms with van der Waals surface area (Å²) >= 11 is 0. The summed E-state index contributed by atoms with van der Waals surface area (Å²) in [5.74, 6) is 0.225. The Morgan fingerprint density at radius 3 is 2.82 bits per heavy atom. The maximum absolute atomic E-state index is 12.7. The van der Waals surface area contributed by atoms with Crippen LogP contribution in [0.2, 0.25) is 0 Å². The fourth-order valence-corrected chi connectivity index (χ4v) is 3.87. The van der Waals surface area contributed by atoms with Crippen molar-refractivity contribution in [2.45, 2.75) is 30.7 Å².